The molecular weight excluding hydrogens is 202 g/mol. The molecule has 86 valence electrons. The molecule has 0 bridgehead atoms. The number of aromatic nitrogens is 4. The molecule has 0 saturated carbocycles. The molecule has 1 N–H and O–H groups in total. The molecule has 0 aromatic carbocycles. The largest absolute Gasteiger partial charge is 0.364 e. The molecule has 0 amide bonds. The van der Waals surface area contributed by atoms with Crippen molar-refractivity contribution in [1.29, 1.82) is 0 Å². The van der Waals surface area contributed by atoms with Gasteiger partial charge in [0.1, 0.15) is 6.33 Å². The molecule has 5 heteroatoms. The van der Waals surface area contributed by atoms with Gasteiger partial charge in [0.2, 0.25) is 5.65 Å². The Morgan fingerprint density at radius 1 is 1.38 bits per heavy atom. The number of anilines is 1. The predicted octanol–water partition coefficient (Wildman–Crippen LogP) is 1.97. The predicted molar refractivity (Wildman–Crippen MR) is 63.3 cm³/mol. The lowest BCUT2D eigenvalue weighted by Gasteiger charge is -2.28. The topological polar surface area (TPSA) is 55.1 Å². The number of hydrogen-bond donors (Lipinski definition) is 1. The molecule has 0 aliphatic carbocycles. The molecule has 16 heavy (non-hydrogen) atoms. The normalized spacial score (nSPS) is 14.0. The first-order chi connectivity index (χ1) is 7.48. The maximum atomic E-state index is 4.30. The highest BCUT2D eigenvalue weighted by molar-refractivity contribution is 5.61. The highest BCUT2D eigenvalue weighted by atomic mass is 15.2. The Hall–Kier alpha value is -1.65. The second kappa shape index (κ2) is 3.73. The van der Waals surface area contributed by atoms with E-state index >= 15 is 0 Å². The van der Waals surface area contributed by atoms with Gasteiger partial charge in [-0.15, -0.1) is 10.2 Å². The number of fused-ring (bicyclic) bond motifs is 1. The molecular formula is C11H17N5. The Kier molecular flexibility index (Phi) is 2.53. The van der Waals surface area contributed by atoms with Crippen molar-refractivity contribution in [2.24, 2.45) is 5.41 Å². The minimum Gasteiger partial charge on any atom is -0.364 e. The van der Waals surface area contributed by atoms with Crippen molar-refractivity contribution < 1.29 is 0 Å². The van der Waals surface area contributed by atoms with E-state index in [1.807, 2.05) is 10.6 Å². The Morgan fingerprint density at radius 2 is 2.12 bits per heavy atom. The summed E-state index contributed by atoms with van der Waals surface area (Å²) in [7, 11) is 0. The summed E-state index contributed by atoms with van der Waals surface area (Å²) in [5.74, 6) is 0.780. The van der Waals surface area contributed by atoms with E-state index in [2.05, 4.69) is 48.2 Å². The summed E-state index contributed by atoms with van der Waals surface area (Å²) in [5, 5.41) is 11.3. The van der Waals surface area contributed by atoms with E-state index in [0.717, 1.165) is 11.5 Å². The van der Waals surface area contributed by atoms with Crippen molar-refractivity contribution in [1.82, 2.24) is 19.6 Å². The third-order valence-electron chi connectivity index (χ3n) is 2.87. The van der Waals surface area contributed by atoms with Gasteiger partial charge in [0.15, 0.2) is 5.82 Å². The Labute approximate surface area is 94.9 Å². The van der Waals surface area contributed by atoms with Gasteiger partial charge in [0.05, 0.1) is 0 Å². The van der Waals surface area contributed by atoms with Crippen LogP contribution in [-0.2, 0) is 0 Å². The summed E-state index contributed by atoms with van der Waals surface area (Å²) in [6.45, 7) is 8.71. The van der Waals surface area contributed by atoms with E-state index in [4.69, 9.17) is 0 Å². The molecule has 2 aromatic heterocycles. The van der Waals surface area contributed by atoms with Gasteiger partial charge in [-0.25, -0.2) is 4.98 Å². The van der Waals surface area contributed by atoms with Gasteiger partial charge in [0, 0.05) is 18.4 Å². The third kappa shape index (κ3) is 1.98. The quantitative estimate of drug-likeness (QED) is 0.839. The molecule has 0 fully saturated rings. The lowest BCUT2D eigenvalue weighted by molar-refractivity contribution is 0.359. The molecule has 5 nitrogen and oxygen atoms in total. The van der Waals surface area contributed by atoms with E-state index in [0.29, 0.717) is 6.04 Å². The van der Waals surface area contributed by atoms with Crippen molar-refractivity contribution in [3.8, 4) is 0 Å². The van der Waals surface area contributed by atoms with Crippen molar-refractivity contribution >= 4 is 11.5 Å². The standard InChI is InChI=1S/C11H17N5/c1-8(11(2,3)4)14-9-10-15-13-7-16(10)6-5-12-9/h5-8H,1-4H3,(H,12,14). The fourth-order valence-electron chi connectivity index (χ4n) is 1.28. The van der Waals surface area contributed by atoms with E-state index in [1.165, 1.54) is 0 Å². The Balaban J connectivity index is 2.31. The van der Waals surface area contributed by atoms with E-state index in [1.54, 1.807) is 12.5 Å². The monoisotopic (exact) mass is 219 g/mol. The Bertz CT molecular complexity index is 482. The van der Waals surface area contributed by atoms with Gasteiger partial charge >= 0.3 is 0 Å². The van der Waals surface area contributed by atoms with Crippen LogP contribution >= 0.6 is 0 Å². The van der Waals surface area contributed by atoms with Gasteiger partial charge in [-0.1, -0.05) is 20.8 Å². The van der Waals surface area contributed by atoms with Crippen LogP contribution in [0.1, 0.15) is 27.7 Å². The maximum absolute atomic E-state index is 4.30. The summed E-state index contributed by atoms with van der Waals surface area (Å²) in [4.78, 5) is 4.30. The first kappa shape index (κ1) is 10.9. The van der Waals surface area contributed by atoms with Gasteiger partial charge in [-0.3, -0.25) is 4.40 Å². The van der Waals surface area contributed by atoms with Crippen LogP contribution in [0.5, 0.6) is 0 Å². The zero-order valence-corrected chi connectivity index (χ0v) is 10.1. The van der Waals surface area contributed by atoms with Crippen molar-refractivity contribution in [3.63, 3.8) is 0 Å². The molecule has 0 spiro atoms. The minimum atomic E-state index is 0.175. The molecule has 2 heterocycles. The fourth-order valence-corrected chi connectivity index (χ4v) is 1.28. The van der Waals surface area contributed by atoms with Crippen LogP contribution in [0.25, 0.3) is 5.65 Å². The second-order valence-corrected chi connectivity index (χ2v) is 5.07. The first-order valence-corrected chi connectivity index (χ1v) is 5.39. The lowest BCUT2D eigenvalue weighted by atomic mass is 9.88. The second-order valence-electron chi connectivity index (χ2n) is 5.07. The summed E-state index contributed by atoms with van der Waals surface area (Å²) >= 11 is 0. The molecule has 2 aromatic rings. The van der Waals surface area contributed by atoms with Gasteiger partial charge < -0.3 is 5.32 Å². The van der Waals surface area contributed by atoms with Crippen LogP contribution in [0, 0.1) is 5.41 Å². The van der Waals surface area contributed by atoms with Crippen molar-refractivity contribution in [2.75, 3.05) is 5.32 Å². The van der Waals surface area contributed by atoms with Crippen LogP contribution in [0.3, 0.4) is 0 Å². The number of nitrogens with zero attached hydrogens (tertiary/aromatic N) is 4. The SMILES string of the molecule is CC(Nc1nccn2cnnc12)C(C)(C)C. The van der Waals surface area contributed by atoms with Crippen molar-refractivity contribution in [2.45, 2.75) is 33.7 Å². The van der Waals surface area contributed by atoms with Gasteiger partial charge in [-0.05, 0) is 12.3 Å². The van der Waals surface area contributed by atoms with E-state index in [9.17, 15) is 0 Å². The van der Waals surface area contributed by atoms with Crippen LogP contribution in [0.2, 0.25) is 0 Å². The average Bonchev–Trinajstić information content (AvgIpc) is 2.65. The van der Waals surface area contributed by atoms with Crippen LogP contribution in [0.15, 0.2) is 18.7 Å². The minimum absolute atomic E-state index is 0.175. The Morgan fingerprint density at radius 3 is 2.81 bits per heavy atom. The maximum Gasteiger partial charge on any atom is 0.203 e. The fraction of sp³-hybridized carbons (Fsp3) is 0.545. The summed E-state index contributed by atoms with van der Waals surface area (Å²) < 4.78 is 1.85. The summed E-state index contributed by atoms with van der Waals surface area (Å²) in [6, 6.07) is 0.308. The molecule has 1 atom stereocenters. The van der Waals surface area contributed by atoms with Crippen LogP contribution < -0.4 is 5.32 Å². The number of hydrogen-bond acceptors (Lipinski definition) is 4. The lowest BCUT2D eigenvalue weighted by Crippen LogP contribution is -2.31. The molecule has 0 aliphatic rings. The van der Waals surface area contributed by atoms with E-state index < -0.39 is 0 Å². The first-order valence-electron chi connectivity index (χ1n) is 5.39. The highest BCUT2D eigenvalue weighted by Crippen LogP contribution is 2.23. The highest BCUT2D eigenvalue weighted by Gasteiger charge is 2.21. The van der Waals surface area contributed by atoms with Gasteiger partial charge in [0.25, 0.3) is 0 Å². The molecule has 0 saturated heterocycles. The number of rotatable bonds is 2. The van der Waals surface area contributed by atoms with Gasteiger partial charge in [-0.2, -0.15) is 0 Å². The zero-order valence-electron chi connectivity index (χ0n) is 10.1. The van der Waals surface area contributed by atoms with E-state index in [-0.39, 0.29) is 5.41 Å². The molecule has 0 radical (unpaired) electrons. The molecule has 0 aliphatic heterocycles. The van der Waals surface area contributed by atoms with Crippen molar-refractivity contribution in [3.05, 3.63) is 18.7 Å². The summed E-state index contributed by atoms with van der Waals surface area (Å²) in [6.07, 6.45) is 5.25. The zero-order chi connectivity index (χ0) is 11.8. The average molecular weight is 219 g/mol. The van der Waals surface area contributed by atoms with Crippen LogP contribution in [0.4, 0.5) is 5.82 Å². The number of nitrogens with one attached hydrogen (secondary N) is 1. The van der Waals surface area contributed by atoms with Crippen LogP contribution in [-0.4, -0.2) is 25.6 Å². The third-order valence-corrected chi connectivity index (χ3v) is 2.87. The summed E-state index contributed by atoms with van der Waals surface area (Å²) in [5.41, 5.74) is 0.938. The smallest absolute Gasteiger partial charge is 0.203 e. The molecule has 1 unspecified atom stereocenters. The molecule has 2 rings (SSSR count).